The first kappa shape index (κ1) is 14.4. The van der Waals surface area contributed by atoms with Crippen molar-refractivity contribution in [2.45, 2.75) is 58.1 Å². The van der Waals surface area contributed by atoms with Crippen molar-refractivity contribution >= 4 is 0 Å². The van der Waals surface area contributed by atoms with Crippen LogP contribution in [0.1, 0.15) is 62.0 Å². The molecular weight excluding hydrogens is 258 g/mol. The van der Waals surface area contributed by atoms with Crippen molar-refractivity contribution in [1.82, 2.24) is 4.57 Å². The molecular formula is C19H25NO. The van der Waals surface area contributed by atoms with Crippen LogP contribution in [-0.2, 0) is 18.4 Å². The minimum Gasteiger partial charge on any atom is -0.388 e. The second kappa shape index (κ2) is 5.34. The summed E-state index contributed by atoms with van der Waals surface area (Å²) in [6, 6.07) is 8.90. The minimum atomic E-state index is -0.265. The molecule has 1 N–H and O–H groups in total. The Labute approximate surface area is 127 Å². The lowest BCUT2D eigenvalue weighted by atomic mass is 9.87. The van der Waals surface area contributed by atoms with Gasteiger partial charge in [-0.25, -0.2) is 0 Å². The number of rotatable bonds is 2. The molecule has 21 heavy (non-hydrogen) atoms. The van der Waals surface area contributed by atoms with Gasteiger partial charge in [0.1, 0.15) is 0 Å². The molecule has 1 heterocycles. The highest BCUT2D eigenvalue weighted by Gasteiger charge is 2.19. The van der Waals surface area contributed by atoms with Gasteiger partial charge in [-0.05, 0) is 41.4 Å². The highest BCUT2D eigenvalue weighted by Crippen LogP contribution is 2.30. The van der Waals surface area contributed by atoms with Crippen molar-refractivity contribution in [3.8, 4) is 0 Å². The zero-order valence-electron chi connectivity index (χ0n) is 13.3. The van der Waals surface area contributed by atoms with E-state index in [1.54, 1.807) is 0 Å². The van der Waals surface area contributed by atoms with E-state index < -0.39 is 0 Å². The third kappa shape index (κ3) is 3.06. The molecule has 3 rings (SSSR count). The van der Waals surface area contributed by atoms with Crippen LogP contribution in [0.4, 0.5) is 0 Å². The van der Waals surface area contributed by atoms with Gasteiger partial charge in [0.2, 0.25) is 0 Å². The van der Waals surface area contributed by atoms with Crippen molar-refractivity contribution in [3.63, 3.8) is 0 Å². The first-order valence-electron chi connectivity index (χ1n) is 7.89. The molecule has 0 radical (unpaired) electrons. The number of benzene rings is 1. The zero-order chi connectivity index (χ0) is 15.0. The Morgan fingerprint density at radius 3 is 2.48 bits per heavy atom. The van der Waals surface area contributed by atoms with E-state index in [1.165, 1.54) is 16.7 Å². The largest absolute Gasteiger partial charge is 0.388 e. The van der Waals surface area contributed by atoms with E-state index in [4.69, 9.17) is 0 Å². The number of nitrogens with zero attached hydrogens (tertiary/aromatic N) is 1. The molecule has 0 spiro atoms. The van der Waals surface area contributed by atoms with E-state index in [2.05, 4.69) is 62.0 Å². The number of aliphatic hydroxyl groups is 1. The van der Waals surface area contributed by atoms with E-state index in [0.29, 0.717) is 0 Å². The summed E-state index contributed by atoms with van der Waals surface area (Å²) in [4.78, 5) is 0. The second-order valence-electron chi connectivity index (χ2n) is 7.27. The highest BCUT2D eigenvalue weighted by atomic mass is 16.3. The van der Waals surface area contributed by atoms with Gasteiger partial charge in [-0.15, -0.1) is 0 Å². The molecule has 0 aliphatic heterocycles. The summed E-state index contributed by atoms with van der Waals surface area (Å²) in [6.45, 7) is 7.60. The molecule has 1 aromatic heterocycles. The fraction of sp³-hybridized carbons (Fsp3) is 0.474. The standard InChI is InChI=1S/C19H25NO/c1-19(2,3)16-9-7-14(8-10-16)11-20-12-15-5-4-6-18(21)17(15)13-20/h7-10,12-13,18,21H,4-6,11H2,1-3H3. The molecule has 2 heteroatoms. The third-order valence-electron chi connectivity index (χ3n) is 4.47. The van der Waals surface area contributed by atoms with E-state index >= 15 is 0 Å². The quantitative estimate of drug-likeness (QED) is 0.877. The topological polar surface area (TPSA) is 25.2 Å². The summed E-state index contributed by atoms with van der Waals surface area (Å²) in [5, 5.41) is 10.1. The van der Waals surface area contributed by atoms with Crippen molar-refractivity contribution in [2.24, 2.45) is 0 Å². The molecule has 1 aromatic carbocycles. The maximum atomic E-state index is 10.1. The average molecular weight is 283 g/mol. The normalized spacial score (nSPS) is 18.6. The van der Waals surface area contributed by atoms with Gasteiger partial charge >= 0.3 is 0 Å². The van der Waals surface area contributed by atoms with Crippen LogP contribution in [0.3, 0.4) is 0 Å². The number of aryl methyl sites for hydroxylation is 1. The molecule has 0 amide bonds. The monoisotopic (exact) mass is 283 g/mol. The van der Waals surface area contributed by atoms with Crippen LogP contribution in [0.5, 0.6) is 0 Å². The summed E-state index contributed by atoms with van der Waals surface area (Å²) in [5.74, 6) is 0. The van der Waals surface area contributed by atoms with Gasteiger partial charge < -0.3 is 9.67 Å². The van der Waals surface area contributed by atoms with Crippen LogP contribution in [0, 0.1) is 0 Å². The lowest BCUT2D eigenvalue weighted by Gasteiger charge is -2.19. The Kier molecular flexibility index (Phi) is 3.66. The molecule has 0 saturated heterocycles. The SMILES string of the molecule is CC(C)(C)c1ccc(Cn2cc3c(c2)C(O)CCC3)cc1. The van der Waals surface area contributed by atoms with Gasteiger partial charge in [0.15, 0.2) is 0 Å². The van der Waals surface area contributed by atoms with Gasteiger partial charge in [-0.3, -0.25) is 0 Å². The van der Waals surface area contributed by atoms with Gasteiger partial charge in [0, 0.05) is 24.5 Å². The molecule has 0 fully saturated rings. The van der Waals surface area contributed by atoms with Crippen LogP contribution >= 0.6 is 0 Å². The van der Waals surface area contributed by atoms with Gasteiger partial charge in [-0.2, -0.15) is 0 Å². The number of aromatic nitrogens is 1. The molecule has 1 atom stereocenters. The van der Waals surface area contributed by atoms with Crippen LogP contribution < -0.4 is 0 Å². The fourth-order valence-electron chi connectivity index (χ4n) is 3.14. The average Bonchev–Trinajstić information content (AvgIpc) is 2.82. The van der Waals surface area contributed by atoms with Gasteiger partial charge in [0.25, 0.3) is 0 Å². The van der Waals surface area contributed by atoms with E-state index in [0.717, 1.165) is 31.4 Å². The summed E-state index contributed by atoms with van der Waals surface area (Å²) >= 11 is 0. The molecule has 112 valence electrons. The lowest BCUT2D eigenvalue weighted by molar-refractivity contribution is 0.157. The number of hydrogen-bond acceptors (Lipinski definition) is 1. The molecule has 1 aliphatic rings. The summed E-state index contributed by atoms with van der Waals surface area (Å²) in [6.07, 6.45) is 7.16. The summed E-state index contributed by atoms with van der Waals surface area (Å²) in [5.41, 5.74) is 5.33. The maximum Gasteiger partial charge on any atom is 0.0807 e. The minimum absolute atomic E-state index is 0.204. The predicted octanol–water partition coefficient (Wildman–Crippen LogP) is 4.20. The Hall–Kier alpha value is -1.54. The smallest absolute Gasteiger partial charge is 0.0807 e. The van der Waals surface area contributed by atoms with Gasteiger partial charge in [-0.1, -0.05) is 45.0 Å². The Bertz CT molecular complexity index is 616. The zero-order valence-corrected chi connectivity index (χ0v) is 13.3. The second-order valence-corrected chi connectivity index (χ2v) is 7.27. The Morgan fingerprint density at radius 2 is 1.86 bits per heavy atom. The van der Waals surface area contributed by atoms with E-state index in [-0.39, 0.29) is 11.5 Å². The van der Waals surface area contributed by atoms with Crippen molar-refractivity contribution in [3.05, 3.63) is 58.9 Å². The molecule has 0 saturated carbocycles. The van der Waals surface area contributed by atoms with Crippen LogP contribution in [0.25, 0.3) is 0 Å². The highest BCUT2D eigenvalue weighted by molar-refractivity contribution is 5.31. The Balaban J connectivity index is 1.78. The van der Waals surface area contributed by atoms with Gasteiger partial charge in [0.05, 0.1) is 6.10 Å². The number of aliphatic hydroxyl groups excluding tert-OH is 1. The predicted molar refractivity (Wildman–Crippen MR) is 86.6 cm³/mol. The maximum absolute atomic E-state index is 10.1. The summed E-state index contributed by atoms with van der Waals surface area (Å²) in [7, 11) is 0. The molecule has 1 aliphatic carbocycles. The third-order valence-corrected chi connectivity index (χ3v) is 4.47. The van der Waals surface area contributed by atoms with Crippen LogP contribution in [0.2, 0.25) is 0 Å². The summed E-state index contributed by atoms with van der Waals surface area (Å²) < 4.78 is 2.21. The first-order valence-corrected chi connectivity index (χ1v) is 7.89. The number of hydrogen-bond donors (Lipinski definition) is 1. The van der Waals surface area contributed by atoms with Crippen LogP contribution in [-0.4, -0.2) is 9.67 Å². The Morgan fingerprint density at radius 1 is 1.14 bits per heavy atom. The molecule has 1 unspecified atom stereocenters. The first-order chi connectivity index (χ1) is 9.93. The molecule has 0 bridgehead atoms. The fourth-order valence-corrected chi connectivity index (χ4v) is 3.14. The van der Waals surface area contributed by atoms with Crippen molar-refractivity contribution < 1.29 is 5.11 Å². The van der Waals surface area contributed by atoms with Crippen LogP contribution in [0.15, 0.2) is 36.7 Å². The lowest BCUT2D eigenvalue weighted by Crippen LogP contribution is -2.10. The molecule has 2 nitrogen and oxygen atoms in total. The number of fused-ring (bicyclic) bond motifs is 1. The van der Waals surface area contributed by atoms with Crippen molar-refractivity contribution in [1.29, 1.82) is 0 Å². The molecule has 2 aromatic rings. The van der Waals surface area contributed by atoms with Crippen molar-refractivity contribution in [2.75, 3.05) is 0 Å². The van der Waals surface area contributed by atoms with E-state index in [1.807, 2.05) is 0 Å². The van der Waals surface area contributed by atoms with E-state index in [9.17, 15) is 5.11 Å².